The van der Waals surface area contributed by atoms with Crippen molar-refractivity contribution in [3.05, 3.63) is 64.7 Å². The van der Waals surface area contributed by atoms with Crippen molar-refractivity contribution in [1.82, 2.24) is 4.90 Å². The van der Waals surface area contributed by atoms with E-state index in [2.05, 4.69) is 0 Å². The molecule has 0 saturated heterocycles. The molecule has 1 fully saturated rings. The number of aliphatic hydroxyl groups excluding tert-OH is 2. The van der Waals surface area contributed by atoms with Crippen LogP contribution in [0.4, 0.5) is 0 Å². The maximum absolute atomic E-state index is 13.7. The summed E-state index contributed by atoms with van der Waals surface area (Å²) in [6, 6.07) is 14.8. The molecule has 2 aromatic rings. The van der Waals surface area contributed by atoms with Crippen molar-refractivity contribution >= 4 is 29.3 Å². The highest BCUT2D eigenvalue weighted by Crippen LogP contribution is 2.38. The minimum atomic E-state index is -0.782. The fourth-order valence-electron chi connectivity index (χ4n) is 4.46. The number of hydrogen-bond donors (Lipinski definition) is 2. The Labute approximate surface area is 194 Å². The van der Waals surface area contributed by atoms with Gasteiger partial charge < -0.3 is 15.1 Å². The summed E-state index contributed by atoms with van der Waals surface area (Å²) < 4.78 is 0. The number of halogens is 1. The van der Waals surface area contributed by atoms with E-state index in [0.717, 1.165) is 35.3 Å². The van der Waals surface area contributed by atoms with Gasteiger partial charge in [-0.1, -0.05) is 54.4 Å². The fraction of sp³-hybridized carbons (Fsp3) is 0.480. The van der Waals surface area contributed by atoms with Crippen LogP contribution < -0.4 is 0 Å². The van der Waals surface area contributed by atoms with Crippen LogP contribution in [0.1, 0.15) is 55.8 Å². The molecule has 31 heavy (non-hydrogen) atoms. The maximum atomic E-state index is 13.7. The molecule has 0 spiro atoms. The summed E-state index contributed by atoms with van der Waals surface area (Å²) in [6.07, 6.45) is 4.10. The Hall–Kier alpha value is -1.53. The van der Waals surface area contributed by atoms with Gasteiger partial charge in [-0.3, -0.25) is 4.79 Å². The number of thioether (sulfide) groups is 1. The predicted molar refractivity (Wildman–Crippen MR) is 128 cm³/mol. The summed E-state index contributed by atoms with van der Waals surface area (Å²) in [5.41, 5.74) is 1.64. The summed E-state index contributed by atoms with van der Waals surface area (Å²) >= 11 is 8.03. The van der Waals surface area contributed by atoms with Gasteiger partial charge in [0.2, 0.25) is 5.91 Å². The van der Waals surface area contributed by atoms with E-state index in [0.29, 0.717) is 11.4 Å². The van der Waals surface area contributed by atoms with Gasteiger partial charge in [-0.2, -0.15) is 0 Å². The largest absolute Gasteiger partial charge is 0.393 e. The third-order valence-electron chi connectivity index (χ3n) is 6.59. The molecule has 0 aliphatic heterocycles. The molecule has 1 amide bonds. The Balaban J connectivity index is 1.86. The third-order valence-corrected chi connectivity index (χ3v) is 7.81. The molecule has 0 bridgehead atoms. The van der Waals surface area contributed by atoms with Crippen molar-refractivity contribution in [1.29, 1.82) is 0 Å². The molecular formula is C25H32ClNO3S. The first-order valence-corrected chi connectivity index (χ1v) is 12.4. The Morgan fingerprint density at radius 2 is 1.90 bits per heavy atom. The molecule has 2 aromatic carbocycles. The van der Waals surface area contributed by atoms with Gasteiger partial charge in [-0.05, 0) is 61.6 Å². The average molecular weight is 462 g/mol. The smallest absolute Gasteiger partial charge is 0.230 e. The molecule has 1 aliphatic rings. The highest BCUT2D eigenvalue weighted by Gasteiger charge is 2.35. The second-order valence-corrected chi connectivity index (χ2v) is 9.74. The first-order chi connectivity index (χ1) is 14.8. The molecule has 2 unspecified atom stereocenters. The van der Waals surface area contributed by atoms with E-state index in [-0.39, 0.29) is 17.9 Å². The van der Waals surface area contributed by atoms with Crippen LogP contribution in [0.2, 0.25) is 5.02 Å². The topological polar surface area (TPSA) is 60.8 Å². The van der Waals surface area contributed by atoms with Gasteiger partial charge in [-0.15, -0.1) is 11.8 Å². The molecule has 6 heteroatoms. The van der Waals surface area contributed by atoms with E-state index < -0.39 is 18.1 Å². The Kier molecular flexibility index (Phi) is 8.45. The monoisotopic (exact) mass is 461 g/mol. The van der Waals surface area contributed by atoms with Crippen LogP contribution in [0.15, 0.2) is 53.4 Å². The number of carbonyl (C=O) groups is 1. The van der Waals surface area contributed by atoms with Crippen LogP contribution in [0.3, 0.4) is 0 Å². The van der Waals surface area contributed by atoms with Crippen molar-refractivity contribution in [3.63, 3.8) is 0 Å². The molecule has 4 nitrogen and oxygen atoms in total. The van der Waals surface area contributed by atoms with Crippen LogP contribution in [0.5, 0.6) is 0 Å². The highest BCUT2D eigenvalue weighted by molar-refractivity contribution is 7.98. The second-order valence-electron chi connectivity index (χ2n) is 8.49. The first-order valence-electron chi connectivity index (χ1n) is 10.8. The summed E-state index contributed by atoms with van der Waals surface area (Å²) in [5.74, 6) is -0.383. The van der Waals surface area contributed by atoms with Crippen LogP contribution in [-0.2, 0) is 4.79 Å². The van der Waals surface area contributed by atoms with Crippen LogP contribution in [-0.4, -0.2) is 46.5 Å². The SMILES string of the molecule is CSc1ccc(C(CC2CCC[C@H]2O)C(=O)N(C)[C@H](C)[C@H](O)c2ccccc2)cc1Cl. The Bertz CT molecular complexity index is 878. The van der Waals surface area contributed by atoms with Crippen LogP contribution >= 0.6 is 23.4 Å². The van der Waals surface area contributed by atoms with Gasteiger partial charge in [0.1, 0.15) is 0 Å². The minimum Gasteiger partial charge on any atom is -0.393 e. The summed E-state index contributed by atoms with van der Waals surface area (Å²) in [5, 5.41) is 21.9. The lowest BCUT2D eigenvalue weighted by Gasteiger charge is -2.33. The zero-order valence-corrected chi connectivity index (χ0v) is 19.9. The number of aliphatic hydroxyl groups is 2. The Morgan fingerprint density at radius 3 is 2.48 bits per heavy atom. The average Bonchev–Trinajstić information content (AvgIpc) is 3.20. The maximum Gasteiger partial charge on any atom is 0.230 e. The van der Waals surface area contributed by atoms with Crippen molar-refractivity contribution in [3.8, 4) is 0 Å². The van der Waals surface area contributed by atoms with Gasteiger partial charge in [0.15, 0.2) is 0 Å². The lowest BCUT2D eigenvalue weighted by Crippen LogP contribution is -2.42. The van der Waals surface area contributed by atoms with Gasteiger partial charge in [-0.25, -0.2) is 0 Å². The van der Waals surface area contributed by atoms with E-state index in [1.807, 2.05) is 61.7 Å². The van der Waals surface area contributed by atoms with Gasteiger partial charge in [0.05, 0.1) is 29.2 Å². The normalized spacial score (nSPS) is 21.5. The zero-order chi connectivity index (χ0) is 22.5. The van der Waals surface area contributed by atoms with E-state index >= 15 is 0 Å². The quantitative estimate of drug-likeness (QED) is 0.525. The van der Waals surface area contributed by atoms with Crippen molar-refractivity contribution in [2.45, 2.75) is 61.7 Å². The standard InChI is InChI=1S/C25H32ClNO3S/c1-16(24(29)17-8-5-4-6-9-17)27(2)25(30)20(14-19-10-7-11-22(19)28)18-12-13-23(31-3)21(26)15-18/h4-6,8-9,12-13,15-16,19-20,22,24,28-29H,7,10-11,14H2,1-3H3/t16-,19?,20?,22-,24+/m1/s1. The number of likely N-dealkylation sites (N-methyl/N-ethyl adjacent to an activating group) is 1. The van der Waals surface area contributed by atoms with Crippen molar-refractivity contribution in [2.24, 2.45) is 5.92 Å². The summed E-state index contributed by atoms with van der Waals surface area (Å²) in [6.45, 7) is 1.86. The number of hydrogen-bond acceptors (Lipinski definition) is 4. The molecular weight excluding hydrogens is 430 g/mol. The van der Waals surface area contributed by atoms with Crippen molar-refractivity contribution < 1.29 is 15.0 Å². The minimum absolute atomic E-state index is 0.0606. The molecule has 0 aromatic heterocycles. The molecule has 168 valence electrons. The number of benzene rings is 2. The van der Waals surface area contributed by atoms with E-state index in [4.69, 9.17) is 11.6 Å². The fourth-order valence-corrected chi connectivity index (χ4v) is 5.34. The zero-order valence-electron chi connectivity index (χ0n) is 18.4. The number of carbonyl (C=O) groups excluding carboxylic acids is 1. The molecule has 3 rings (SSSR count). The highest BCUT2D eigenvalue weighted by atomic mass is 35.5. The predicted octanol–water partition coefficient (Wildman–Crippen LogP) is 5.28. The molecule has 2 N–H and O–H groups in total. The third kappa shape index (κ3) is 5.64. The number of amides is 1. The molecule has 0 radical (unpaired) electrons. The lowest BCUT2D eigenvalue weighted by atomic mass is 9.85. The lowest BCUT2D eigenvalue weighted by molar-refractivity contribution is -0.136. The molecule has 1 saturated carbocycles. The molecule has 1 aliphatic carbocycles. The van der Waals surface area contributed by atoms with Gasteiger partial charge in [0.25, 0.3) is 0 Å². The number of nitrogens with zero attached hydrogens (tertiary/aromatic N) is 1. The van der Waals surface area contributed by atoms with Gasteiger partial charge in [0, 0.05) is 11.9 Å². The Morgan fingerprint density at radius 1 is 1.19 bits per heavy atom. The van der Waals surface area contributed by atoms with E-state index in [1.54, 1.807) is 23.7 Å². The molecule has 5 atom stereocenters. The van der Waals surface area contributed by atoms with Gasteiger partial charge >= 0.3 is 0 Å². The summed E-state index contributed by atoms with van der Waals surface area (Å²) in [4.78, 5) is 16.3. The second kappa shape index (κ2) is 10.9. The summed E-state index contributed by atoms with van der Waals surface area (Å²) in [7, 11) is 1.75. The van der Waals surface area contributed by atoms with Crippen molar-refractivity contribution in [2.75, 3.05) is 13.3 Å². The first kappa shape index (κ1) is 24.1. The van der Waals surface area contributed by atoms with Crippen LogP contribution in [0, 0.1) is 5.92 Å². The molecule has 0 heterocycles. The van der Waals surface area contributed by atoms with E-state index in [1.165, 1.54) is 0 Å². The van der Waals surface area contributed by atoms with E-state index in [9.17, 15) is 15.0 Å². The van der Waals surface area contributed by atoms with Crippen LogP contribution in [0.25, 0.3) is 0 Å². The number of rotatable bonds is 8.